The van der Waals surface area contributed by atoms with Gasteiger partial charge in [0.25, 0.3) is 17.7 Å². The zero-order valence-corrected chi connectivity index (χ0v) is 22.9. The monoisotopic (exact) mass is 580 g/mol. The molecule has 3 aromatic rings. The lowest BCUT2D eigenvalue weighted by Gasteiger charge is -2.30. The molecule has 0 spiro atoms. The van der Waals surface area contributed by atoms with Gasteiger partial charge in [-0.1, -0.05) is 47.7 Å². The van der Waals surface area contributed by atoms with Crippen LogP contribution in [0.2, 0.25) is 0 Å². The fraction of sp³-hybridized carbons (Fsp3) is 0.250. The molecule has 9 nitrogen and oxygen atoms in total. The SMILES string of the molecule is O=C1[C@@H]2[C@@H](N=NN2CC(=O)N2N=C3/C(=C\c4ccc(F)cc4)CCC[C@@H]3[C@H]2c2ccc(F)cc2)C(=O)N1c1ccccc1. The van der Waals surface area contributed by atoms with E-state index in [9.17, 15) is 23.2 Å². The van der Waals surface area contributed by atoms with Crippen LogP contribution >= 0.6 is 0 Å². The number of hydrogen-bond donors (Lipinski definition) is 0. The Labute approximate surface area is 245 Å². The second-order valence-corrected chi connectivity index (χ2v) is 11.0. The van der Waals surface area contributed by atoms with Crippen LogP contribution in [0.25, 0.3) is 6.08 Å². The molecular weight excluding hydrogens is 554 g/mol. The van der Waals surface area contributed by atoms with Crippen molar-refractivity contribution in [2.24, 2.45) is 21.4 Å². The first-order chi connectivity index (χ1) is 20.9. The lowest BCUT2D eigenvalue weighted by Crippen LogP contribution is -2.45. The van der Waals surface area contributed by atoms with Crippen molar-refractivity contribution in [1.29, 1.82) is 0 Å². The number of halogens is 2. The van der Waals surface area contributed by atoms with Gasteiger partial charge in [0.05, 0.1) is 17.4 Å². The number of fused-ring (bicyclic) bond motifs is 2. The summed E-state index contributed by atoms with van der Waals surface area (Å²) in [6, 6.07) is 18.2. The summed E-state index contributed by atoms with van der Waals surface area (Å²) >= 11 is 0. The summed E-state index contributed by atoms with van der Waals surface area (Å²) in [4.78, 5) is 41.5. The predicted molar refractivity (Wildman–Crippen MR) is 153 cm³/mol. The highest BCUT2D eigenvalue weighted by Gasteiger charge is 2.55. The molecule has 0 N–H and O–H groups in total. The zero-order valence-electron chi connectivity index (χ0n) is 22.9. The Morgan fingerprint density at radius 1 is 0.884 bits per heavy atom. The van der Waals surface area contributed by atoms with Crippen LogP contribution in [0.5, 0.6) is 0 Å². The number of hydrogen-bond acceptors (Lipinski definition) is 7. The first-order valence-corrected chi connectivity index (χ1v) is 14.1. The molecule has 3 heterocycles. The highest BCUT2D eigenvalue weighted by molar-refractivity contribution is 6.25. The van der Waals surface area contributed by atoms with Crippen LogP contribution < -0.4 is 4.90 Å². The molecule has 3 aliphatic heterocycles. The number of hydrazone groups is 1. The van der Waals surface area contributed by atoms with E-state index >= 15 is 0 Å². The fourth-order valence-corrected chi connectivity index (χ4v) is 6.36. The van der Waals surface area contributed by atoms with Crippen molar-refractivity contribution in [1.82, 2.24) is 10.0 Å². The lowest BCUT2D eigenvalue weighted by atomic mass is 9.77. The van der Waals surface area contributed by atoms with Crippen LogP contribution in [0.15, 0.2) is 99.9 Å². The minimum Gasteiger partial charge on any atom is -0.271 e. The maximum absolute atomic E-state index is 14.0. The molecule has 3 amide bonds. The highest BCUT2D eigenvalue weighted by atomic mass is 19.1. The molecule has 1 aliphatic carbocycles. The number of imide groups is 1. The molecule has 0 unspecified atom stereocenters. The molecule has 1 saturated carbocycles. The van der Waals surface area contributed by atoms with E-state index in [1.54, 1.807) is 54.6 Å². The Balaban J connectivity index is 1.19. The van der Waals surface area contributed by atoms with E-state index in [0.717, 1.165) is 46.6 Å². The normalized spacial score (nSPS) is 25.4. The maximum Gasteiger partial charge on any atom is 0.264 e. The molecule has 216 valence electrons. The molecule has 2 fully saturated rings. The molecule has 4 atom stereocenters. The molecule has 3 aromatic carbocycles. The molecule has 0 bridgehead atoms. The molecule has 0 radical (unpaired) electrons. The van der Waals surface area contributed by atoms with Crippen molar-refractivity contribution in [3.63, 3.8) is 0 Å². The minimum absolute atomic E-state index is 0.147. The van der Waals surface area contributed by atoms with Crippen molar-refractivity contribution >= 4 is 35.2 Å². The Hall–Kier alpha value is -5.06. The van der Waals surface area contributed by atoms with Gasteiger partial charge >= 0.3 is 0 Å². The smallest absolute Gasteiger partial charge is 0.264 e. The van der Waals surface area contributed by atoms with Crippen LogP contribution in [0.3, 0.4) is 0 Å². The van der Waals surface area contributed by atoms with E-state index in [1.165, 1.54) is 34.3 Å². The second kappa shape index (κ2) is 10.6. The number of para-hydroxylation sites is 1. The van der Waals surface area contributed by atoms with Gasteiger partial charge in [0, 0.05) is 5.92 Å². The van der Waals surface area contributed by atoms with Crippen molar-refractivity contribution in [3.8, 4) is 0 Å². The average molecular weight is 581 g/mol. The zero-order chi connectivity index (χ0) is 29.7. The summed E-state index contributed by atoms with van der Waals surface area (Å²) in [5, 5.41) is 15.6. The summed E-state index contributed by atoms with van der Waals surface area (Å²) < 4.78 is 27.4. The second-order valence-electron chi connectivity index (χ2n) is 11.0. The van der Waals surface area contributed by atoms with E-state index in [1.807, 2.05) is 6.08 Å². The van der Waals surface area contributed by atoms with Crippen LogP contribution in [-0.2, 0) is 14.4 Å². The summed E-state index contributed by atoms with van der Waals surface area (Å²) in [6.07, 6.45) is 4.31. The topological polar surface area (TPSA) is 98.0 Å². The van der Waals surface area contributed by atoms with Gasteiger partial charge in [-0.2, -0.15) is 10.2 Å². The largest absolute Gasteiger partial charge is 0.271 e. The number of benzene rings is 3. The fourth-order valence-electron chi connectivity index (χ4n) is 6.36. The summed E-state index contributed by atoms with van der Waals surface area (Å²) in [7, 11) is 0. The van der Waals surface area contributed by atoms with Gasteiger partial charge in [-0.15, -0.1) is 0 Å². The van der Waals surface area contributed by atoms with E-state index in [0.29, 0.717) is 5.69 Å². The number of carbonyl (C=O) groups excluding carboxylic acids is 3. The van der Waals surface area contributed by atoms with Crippen molar-refractivity contribution in [2.75, 3.05) is 11.4 Å². The number of nitrogens with zero attached hydrogens (tertiary/aromatic N) is 6. The van der Waals surface area contributed by atoms with E-state index in [2.05, 4.69) is 10.3 Å². The Bertz CT molecular complexity index is 1690. The molecule has 7 rings (SSSR count). The third-order valence-corrected chi connectivity index (χ3v) is 8.35. The van der Waals surface area contributed by atoms with E-state index in [4.69, 9.17) is 5.10 Å². The molecule has 0 aromatic heterocycles. The van der Waals surface area contributed by atoms with Crippen LogP contribution in [0.1, 0.15) is 36.4 Å². The maximum atomic E-state index is 14.0. The number of allylic oxidation sites excluding steroid dienone is 1. The molecule has 4 aliphatic rings. The first kappa shape index (κ1) is 26.8. The summed E-state index contributed by atoms with van der Waals surface area (Å²) in [5.41, 5.74) is 3.67. The van der Waals surface area contributed by atoms with Gasteiger partial charge in [-0.25, -0.2) is 18.7 Å². The van der Waals surface area contributed by atoms with E-state index < -0.39 is 41.7 Å². The third-order valence-electron chi connectivity index (χ3n) is 8.35. The van der Waals surface area contributed by atoms with Crippen molar-refractivity contribution in [2.45, 2.75) is 37.4 Å². The number of anilines is 1. The van der Waals surface area contributed by atoms with Crippen LogP contribution in [-0.4, -0.2) is 52.1 Å². The molecule has 11 heteroatoms. The molecular formula is C32H26F2N6O3. The predicted octanol–water partition coefficient (Wildman–Crippen LogP) is 5.08. The van der Waals surface area contributed by atoms with Gasteiger partial charge in [0.2, 0.25) is 0 Å². The van der Waals surface area contributed by atoms with Crippen LogP contribution in [0.4, 0.5) is 14.5 Å². The van der Waals surface area contributed by atoms with E-state index in [-0.39, 0.29) is 18.3 Å². The van der Waals surface area contributed by atoms with Gasteiger partial charge in [-0.3, -0.25) is 19.4 Å². The first-order valence-electron chi connectivity index (χ1n) is 14.1. The standard InChI is InChI=1S/C32H26F2N6O3/c33-22-13-9-19(10-14-22)17-21-5-4-8-25-27(21)36-40(29(25)20-11-15-23(34)16-12-20)26(41)18-38-30-28(35-37-38)31(42)39(32(30)43)24-6-2-1-3-7-24/h1-3,6-7,9-17,25,28-30H,4-5,8,18H2/b21-17-/t25-,28+,29+,30-/m0/s1. The van der Waals surface area contributed by atoms with Gasteiger partial charge < -0.3 is 0 Å². The average Bonchev–Trinajstić information content (AvgIpc) is 3.68. The third kappa shape index (κ3) is 4.70. The highest BCUT2D eigenvalue weighted by Crippen LogP contribution is 2.45. The van der Waals surface area contributed by atoms with Gasteiger partial charge in [-0.05, 0) is 78.4 Å². The quantitative estimate of drug-likeness (QED) is 0.393. The Kier molecular flexibility index (Phi) is 6.64. The van der Waals surface area contributed by atoms with Crippen LogP contribution in [0, 0.1) is 17.6 Å². The summed E-state index contributed by atoms with van der Waals surface area (Å²) in [6.45, 7) is -0.329. The van der Waals surface area contributed by atoms with Crippen molar-refractivity contribution < 1.29 is 23.2 Å². The molecule has 1 saturated heterocycles. The number of amides is 3. The Morgan fingerprint density at radius 2 is 1.58 bits per heavy atom. The minimum atomic E-state index is -1.04. The molecule has 43 heavy (non-hydrogen) atoms. The lowest BCUT2D eigenvalue weighted by molar-refractivity contribution is -0.136. The summed E-state index contributed by atoms with van der Waals surface area (Å²) in [5.74, 6) is -2.29. The Morgan fingerprint density at radius 3 is 2.30 bits per heavy atom. The van der Waals surface area contributed by atoms with Gasteiger partial charge in [0.1, 0.15) is 18.2 Å². The van der Waals surface area contributed by atoms with Crippen molar-refractivity contribution in [3.05, 3.63) is 107 Å². The number of rotatable bonds is 5. The van der Waals surface area contributed by atoms with Gasteiger partial charge in [0.15, 0.2) is 12.1 Å². The number of carbonyl (C=O) groups is 3.